The van der Waals surface area contributed by atoms with Gasteiger partial charge in [0.2, 0.25) is 0 Å². The number of fused-ring (bicyclic) bond motifs is 1. The lowest BCUT2D eigenvalue weighted by Gasteiger charge is -2.03. The zero-order chi connectivity index (χ0) is 12.4. The second-order valence-corrected chi connectivity index (χ2v) is 3.81. The highest BCUT2D eigenvalue weighted by atomic mass is 16.6. The van der Waals surface area contributed by atoms with E-state index in [1.54, 1.807) is 35.9 Å². The molecule has 0 unspecified atom stereocenters. The SMILES string of the molecule is CCC(=O)Cn1ccc2cccc([N+](=O)[O-])c21. The van der Waals surface area contributed by atoms with E-state index < -0.39 is 4.92 Å². The third-order valence-corrected chi connectivity index (χ3v) is 2.70. The third kappa shape index (κ3) is 2.04. The highest BCUT2D eigenvalue weighted by Crippen LogP contribution is 2.26. The summed E-state index contributed by atoms with van der Waals surface area (Å²) < 4.78 is 1.64. The number of non-ortho nitro benzene ring substituents is 1. The normalized spacial score (nSPS) is 10.6. The van der Waals surface area contributed by atoms with Gasteiger partial charge in [-0.3, -0.25) is 14.9 Å². The first kappa shape index (κ1) is 11.3. The van der Waals surface area contributed by atoms with Gasteiger partial charge >= 0.3 is 0 Å². The van der Waals surface area contributed by atoms with Crippen LogP contribution < -0.4 is 0 Å². The van der Waals surface area contributed by atoms with E-state index in [4.69, 9.17) is 0 Å². The van der Waals surface area contributed by atoms with Crippen LogP contribution in [0, 0.1) is 10.1 Å². The number of benzene rings is 1. The highest BCUT2D eigenvalue weighted by Gasteiger charge is 2.16. The van der Waals surface area contributed by atoms with Gasteiger partial charge in [0, 0.05) is 24.1 Å². The average Bonchev–Trinajstić information content (AvgIpc) is 2.72. The van der Waals surface area contributed by atoms with Crippen molar-refractivity contribution in [1.29, 1.82) is 0 Å². The van der Waals surface area contributed by atoms with Crippen LogP contribution in [-0.2, 0) is 11.3 Å². The Morgan fingerprint density at radius 1 is 1.41 bits per heavy atom. The van der Waals surface area contributed by atoms with Crippen molar-refractivity contribution in [2.24, 2.45) is 0 Å². The Morgan fingerprint density at radius 2 is 2.18 bits per heavy atom. The molecule has 0 bridgehead atoms. The zero-order valence-corrected chi connectivity index (χ0v) is 9.42. The second kappa shape index (κ2) is 4.37. The molecule has 0 fully saturated rings. The van der Waals surface area contributed by atoms with Crippen molar-refractivity contribution in [3.05, 3.63) is 40.6 Å². The summed E-state index contributed by atoms with van der Waals surface area (Å²) in [5, 5.41) is 11.7. The Kier molecular flexibility index (Phi) is 2.91. The summed E-state index contributed by atoms with van der Waals surface area (Å²) in [6.45, 7) is 1.97. The summed E-state index contributed by atoms with van der Waals surface area (Å²) in [7, 11) is 0. The number of nitrogens with zero attached hydrogens (tertiary/aromatic N) is 2. The maximum Gasteiger partial charge on any atom is 0.293 e. The van der Waals surface area contributed by atoms with Gasteiger partial charge in [-0.15, -0.1) is 0 Å². The lowest BCUT2D eigenvalue weighted by atomic mass is 10.2. The lowest BCUT2D eigenvalue weighted by molar-refractivity contribution is -0.383. The lowest BCUT2D eigenvalue weighted by Crippen LogP contribution is -2.08. The smallest absolute Gasteiger partial charge is 0.293 e. The summed E-state index contributed by atoms with van der Waals surface area (Å²) >= 11 is 0. The van der Waals surface area contributed by atoms with Crippen LogP contribution in [0.5, 0.6) is 0 Å². The molecule has 5 nitrogen and oxygen atoms in total. The summed E-state index contributed by atoms with van der Waals surface area (Å²) in [6, 6.07) is 6.68. The van der Waals surface area contributed by atoms with Gasteiger partial charge in [0.1, 0.15) is 5.52 Å². The van der Waals surface area contributed by atoms with Crippen LogP contribution in [0.25, 0.3) is 10.9 Å². The zero-order valence-electron chi connectivity index (χ0n) is 9.42. The van der Waals surface area contributed by atoms with E-state index in [1.807, 2.05) is 0 Å². The Labute approximate surface area is 97.8 Å². The van der Waals surface area contributed by atoms with E-state index in [9.17, 15) is 14.9 Å². The molecule has 0 amide bonds. The predicted octanol–water partition coefficient (Wildman–Crippen LogP) is 2.53. The molecular weight excluding hydrogens is 220 g/mol. The molecule has 0 aliphatic rings. The van der Waals surface area contributed by atoms with E-state index >= 15 is 0 Å². The monoisotopic (exact) mass is 232 g/mol. The third-order valence-electron chi connectivity index (χ3n) is 2.70. The fourth-order valence-electron chi connectivity index (χ4n) is 1.82. The fraction of sp³-hybridized carbons (Fsp3) is 0.250. The van der Waals surface area contributed by atoms with Crippen molar-refractivity contribution in [1.82, 2.24) is 4.57 Å². The van der Waals surface area contributed by atoms with Gasteiger partial charge in [-0.1, -0.05) is 19.1 Å². The number of Topliss-reactive ketones (excluding diaryl/α,β-unsaturated/α-hetero) is 1. The number of para-hydroxylation sites is 1. The van der Waals surface area contributed by atoms with E-state index in [1.165, 1.54) is 6.07 Å². The minimum absolute atomic E-state index is 0.0383. The first-order chi connectivity index (χ1) is 8.13. The number of hydrogen-bond acceptors (Lipinski definition) is 3. The van der Waals surface area contributed by atoms with E-state index in [2.05, 4.69) is 0 Å². The van der Waals surface area contributed by atoms with Crippen molar-refractivity contribution in [2.75, 3.05) is 0 Å². The molecule has 5 heteroatoms. The van der Waals surface area contributed by atoms with Crippen LogP contribution in [0.2, 0.25) is 0 Å². The van der Waals surface area contributed by atoms with E-state index in [0.717, 1.165) is 5.39 Å². The minimum Gasteiger partial charge on any atom is -0.334 e. The molecule has 2 rings (SSSR count). The molecule has 0 spiro atoms. The van der Waals surface area contributed by atoms with Crippen molar-refractivity contribution in [3.63, 3.8) is 0 Å². The number of ketones is 1. The Hall–Kier alpha value is -2.17. The molecule has 1 aromatic carbocycles. The second-order valence-electron chi connectivity index (χ2n) is 3.81. The van der Waals surface area contributed by atoms with Gasteiger partial charge in [0.25, 0.3) is 5.69 Å². The van der Waals surface area contributed by atoms with Crippen molar-refractivity contribution < 1.29 is 9.72 Å². The Balaban J connectivity index is 2.57. The number of hydrogen-bond donors (Lipinski definition) is 0. The molecule has 0 radical (unpaired) electrons. The molecule has 0 saturated carbocycles. The standard InChI is InChI=1S/C12H12N2O3/c1-2-10(15)8-13-7-6-9-4-3-5-11(12(9)13)14(16)17/h3-7H,2,8H2,1H3. The first-order valence-electron chi connectivity index (χ1n) is 5.37. The van der Waals surface area contributed by atoms with Crippen molar-refractivity contribution in [2.45, 2.75) is 19.9 Å². The fourth-order valence-corrected chi connectivity index (χ4v) is 1.82. The Morgan fingerprint density at radius 3 is 2.82 bits per heavy atom. The molecule has 0 saturated heterocycles. The molecule has 1 heterocycles. The number of rotatable bonds is 4. The van der Waals surface area contributed by atoms with Gasteiger partial charge in [-0.2, -0.15) is 0 Å². The average molecular weight is 232 g/mol. The largest absolute Gasteiger partial charge is 0.334 e. The summed E-state index contributed by atoms with van der Waals surface area (Å²) in [5.41, 5.74) is 0.552. The molecule has 2 aromatic rings. The summed E-state index contributed by atoms with van der Waals surface area (Å²) in [5.74, 6) is 0.0562. The summed E-state index contributed by atoms with van der Waals surface area (Å²) in [4.78, 5) is 21.9. The van der Waals surface area contributed by atoms with Crippen molar-refractivity contribution in [3.8, 4) is 0 Å². The maximum absolute atomic E-state index is 11.4. The van der Waals surface area contributed by atoms with Crippen LogP contribution in [0.4, 0.5) is 5.69 Å². The number of carbonyl (C=O) groups is 1. The minimum atomic E-state index is -0.421. The van der Waals surface area contributed by atoms with Crippen LogP contribution in [-0.4, -0.2) is 15.3 Å². The molecule has 0 N–H and O–H groups in total. The topological polar surface area (TPSA) is 65.1 Å². The Bertz CT molecular complexity index is 586. The number of nitro groups is 1. The van der Waals surface area contributed by atoms with Crippen LogP contribution in [0.15, 0.2) is 30.5 Å². The van der Waals surface area contributed by atoms with Gasteiger partial charge in [0.05, 0.1) is 11.5 Å². The van der Waals surface area contributed by atoms with Crippen LogP contribution >= 0.6 is 0 Å². The maximum atomic E-state index is 11.4. The first-order valence-corrected chi connectivity index (χ1v) is 5.37. The molecule has 1 aromatic heterocycles. The number of carbonyl (C=O) groups excluding carboxylic acids is 1. The predicted molar refractivity (Wildman–Crippen MR) is 63.9 cm³/mol. The van der Waals surface area contributed by atoms with E-state index in [-0.39, 0.29) is 18.0 Å². The number of aromatic nitrogens is 1. The molecule has 0 atom stereocenters. The van der Waals surface area contributed by atoms with Crippen molar-refractivity contribution >= 4 is 22.4 Å². The quantitative estimate of drug-likeness (QED) is 0.601. The van der Waals surface area contributed by atoms with E-state index in [0.29, 0.717) is 11.9 Å². The molecule has 0 aliphatic heterocycles. The molecule has 88 valence electrons. The van der Waals surface area contributed by atoms with Gasteiger partial charge in [0.15, 0.2) is 5.78 Å². The van der Waals surface area contributed by atoms with Gasteiger partial charge < -0.3 is 4.57 Å². The molecular formula is C12H12N2O3. The highest BCUT2D eigenvalue weighted by molar-refractivity contribution is 5.90. The molecule has 0 aliphatic carbocycles. The number of nitro benzene ring substituents is 1. The summed E-state index contributed by atoms with van der Waals surface area (Å²) in [6.07, 6.45) is 2.14. The van der Waals surface area contributed by atoms with Gasteiger partial charge in [-0.05, 0) is 6.07 Å². The van der Waals surface area contributed by atoms with Crippen LogP contribution in [0.3, 0.4) is 0 Å². The van der Waals surface area contributed by atoms with Gasteiger partial charge in [-0.25, -0.2) is 0 Å². The van der Waals surface area contributed by atoms with Crippen LogP contribution in [0.1, 0.15) is 13.3 Å². The molecule has 17 heavy (non-hydrogen) atoms.